The standard InChI is InChI=1S/C24H31N3O6S/c1-27(2)34(30,31)19-11-12-22(32-3)17(15-19)10-13-23(28)26-21-9-5-4-8-20(21)24(29)25-16-18-7-6-14-33-18/h4-5,8-9,11-12,15,18H,6-7,10,13-14,16H2,1-3H3,(H,25,29)(H,26,28)/t18-/m0/s1. The van der Waals surface area contributed by atoms with Crippen LogP contribution in [0.3, 0.4) is 0 Å². The van der Waals surface area contributed by atoms with Crippen LogP contribution in [-0.2, 0) is 26.0 Å². The topological polar surface area (TPSA) is 114 Å². The van der Waals surface area contributed by atoms with E-state index in [2.05, 4.69) is 10.6 Å². The third-order valence-corrected chi connectivity index (χ3v) is 7.42. The predicted octanol–water partition coefficient (Wildman–Crippen LogP) is 2.43. The quantitative estimate of drug-likeness (QED) is 0.530. The number of nitrogens with zero attached hydrogens (tertiary/aromatic N) is 1. The van der Waals surface area contributed by atoms with Gasteiger partial charge >= 0.3 is 0 Å². The molecule has 0 spiro atoms. The molecule has 2 N–H and O–H groups in total. The first kappa shape index (κ1) is 25.7. The lowest BCUT2D eigenvalue weighted by Gasteiger charge is -2.15. The van der Waals surface area contributed by atoms with E-state index in [1.165, 1.54) is 33.3 Å². The monoisotopic (exact) mass is 489 g/mol. The summed E-state index contributed by atoms with van der Waals surface area (Å²) >= 11 is 0. The fraction of sp³-hybridized carbons (Fsp3) is 0.417. The number of ether oxygens (including phenoxy) is 2. The van der Waals surface area contributed by atoms with Gasteiger partial charge in [0.05, 0.1) is 29.4 Å². The summed E-state index contributed by atoms with van der Waals surface area (Å²) in [6, 6.07) is 11.4. The maximum absolute atomic E-state index is 12.7. The molecule has 0 bridgehead atoms. The molecule has 34 heavy (non-hydrogen) atoms. The lowest BCUT2D eigenvalue weighted by atomic mass is 10.1. The van der Waals surface area contributed by atoms with Crippen molar-refractivity contribution in [3.63, 3.8) is 0 Å². The summed E-state index contributed by atoms with van der Waals surface area (Å²) < 4.78 is 36.9. The number of benzene rings is 2. The number of carbonyl (C=O) groups is 2. The summed E-state index contributed by atoms with van der Waals surface area (Å²) in [5.74, 6) is -0.0867. The second-order valence-electron chi connectivity index (χ2n) is 8.20. The normalized spacial score (nSPS) is 15.8. The van der Waals surface area contributed by atoms with Gasteiger partial charge in [-0.05, 0) is 55.2 Å². The molecule has 1 fully saturated rings. The summed E-state index contributed by atoms with van der Waals surface area (Å²) in [5, 5.41) is 5.66. The van der Waals surface area contributed by atoms with Crippen LogP contribution in [0.25, 0.3) is 0 Å². The molecule has 2 aromatic rings. The van der Waals surface area contributed by atoms with E-state index in [0.29, 0.717) is 35.7 Å². The van der Waals surface area contributed by atoms with Crippen LogP contribution in [0, 0.1) is 0 Å². The van der Waals surface area contributed by atoms with Gasteiger partial charge in [0.25, 0.3) is 5.91 Å². The number of methoxy groups -OCH3 is 1. The zero-order chi connectivity index (χ0) is 24.7. The molecule has 0 saturated carbocycles. The van der Waals surface area contributed by atoms with Crippen molar-refractivity contribution in [3.05, 3.63) is 53.6 Å². The third kappa shape index (κ3) is 6.34. The Labute approximate surface area is 200 Å². The van der Waals surface area contributed by atoms with Gasteiger partial charge in [0.1, 0.15) is 5.75 Å². The van der Waals surface area contributed by atoms with Crippen LogP contribution in [-0.4, -0.2) is 65.0 Å². The molecular weight excluding hydrogens is 458 g/mol. The molecule has 2 aromatic carbocycles. The highest BCUT2D eigenvalue weighted by molar-refractivity contribution is 7.89. The Bertz CT molecular complexity index is 1130. The molecule has 1 atom stereocenters. The molecule has 2 amide bonds. The maximum Gasteiger partial charge on any atom is 0.253 e. The van der Waals surface area contributed by atoms with Crippen molar-refractivity contribution in [2.24, 2.45) is 0 Å². The first-order valence-electron chi connectivity index (χ1n) is 11.1. The van der Waals surface area contributed by atoms with Crippen molar-refractivity contribution >= 4 is 27.5 Å². The van der Waals surface area contributed by atoms with Gasteiger partial charge < -0.3 is 20.1 Å². The van der Waals surface area contributed by atoms with E-state index in [-0.39, 0.29) is 35.7 Å². The molecule has 0 aromatic heterocycles. The number of anilines is 1. The fourth-order valence-corrected chi connectivity index (χ4v) is 4.63. The van der Waals surface area contributed by atoms with Crippen LogP contribution in [0.1, 0.15) is 35.2 Å². The first-order chi connectivity index (χ1) is 16.2. The molecule has 0 unspecified atom stereocenters. The van der Waals surface area contributed by atoms with Crippen molar-refractivity contribution in [1.82, 2.24) is 9.62 Å². The van der Waals surface area contributed by atoms with E-state index in [4.69, 9.17) is 9.47 Å². The number of para-hydroxylation sites is 1. The minimum Gasteiger partial charge on any atom is -0.496 e. The number of amides is 2. The van der Waals surface area contributed by atoms with E-state index in [1.54, 1.807) is 30.3 Å². The van der Waals surface area contributed by atoms with Crippen LogP contribution in [0.15, 0.2) is 47.4 Å². The number of sulfonamides is 1. The Hall–Kier alpha value is -2.95. The maximum atomic E-state index is 12.7. The zero-order valence-corrected chi connectivity index (χ0v) is 20.5. The average Bonchev–Trinajstić information content (AvgIpc) is 3.35. The van der Waals surface area contributed by atoms with E-state index in [0.717, 1.165) is 17.1 Å². The second kappa shape index (κ2) is 11.5. The van der Waals surface area contributed by atoms with Crippen molar-refractivity contribution in [1.29, 1.82) is 0 Å². The molecule has 10 heteroatoms. The number of rotatable bonds is 10. The summed E-state index contributed by atoms with van der Waals surface area (Å²) in [5.41, 5.74) is 1.38. The van der Waals surface area contributed by atoms with E-state index < -0.39 is 10.0 Å². The average molecular weight is 490 g/mol. The number of hydrogen-bond donors (Lipinski definition) is 2. The Morgan fingerprint density at radius 2 is 1.94 bits per heavy atom. The van der Waals surface area contributed by atoms with Crippen LogP contribution in [0.4, 0.5) is 5.69 Å². The lowest BCUT2D eigenvalue weighted by Crippen LogP contribution is -2.32. The molecule has 184 valence electrons. The van der Waals surface area contributed by atoms with E-state index >= 15 is 0 Å². The van der Waals surface area contributed by atoms with Gasteiger partial charge in [0.2, 0.25) is 15.9 Å². The Morgan fingerprint density at radius 3 is 2.62 bits per heavy atom. The van der Waals surface area contributed by atoms with E-state index in [9.17, 15) is 18.0 Å². The van der Waals surface area contributed by atoms with Gasteiger partial charge in [-0.15, -0.1) is 0 Å². The molecule has 1 heterocycles. The summed E-state index contributed by atoms with van der Waals surface area (Å²) in [7, 11) is 0.795. The van der Waals surface area contributed by atoms with Gasteiger partial charge in [-0.1, -0.05) is 12.1 Å². The van der Waals surface area contributed by atoms with Crippen LogP contribution in [0.5, 0.6) is 5.75 Å². The Balaban J connectivity index is 1.66. The Morgan fingerprint density at radius 1 is 1.18 bits per heavy atom. The molecule has 9 nitrogen and oxygen atoms in total. The van der Waals surface area contributed by atoms with Crippen molar-refractivity contribution in [2.75, 3.05) is 39.7 Å². The molecule has 1 saturated heterocycles. The van der Waals surface area contributed by atoms with Gasteiger partial charge in [-0.2, -0.15) is 0 Å². The van der Waals surface area contributed by atoms with Crippen LogP contribution >= 0.6 is 0 Å². The van der Waals surface area contributed by atoms with Gasteiger partial charge in [0, 0.05) is 33.7 Å². The minimum atomic E-state index is -3.61. The number of hydrogen-bond acceptors (Lipinski definition) is 6. The molecule has 0 radical (unpaired) electrons. The second-order valence-corrected chi connectivity index (χ2v) is 10.4. The summed E-state index contributed by atoms with van der Waals surface area (Å²) in [4.78, 5) is 25.5. The summed E-state index contributed by atoms with van der Waals surface area (Å²) in [6.07, 6.45) is 2.27. The van der Waals surface area contributed by atoms with Crippen molar-refractivity contribution < 1.29 is 27.5 Å². The fourth-order valence-electron chi connectivity index (χ4n) is 3.68. The number of nitrogens with one attached hydrogen (secondary N) is 2. The molecule has 1 aliphatic rings. The van der Waals surface area contributed by atoms with Crippen molar-refractivity contribution in [3.8, 4) is 5.75 Å². The highest BCUT2D eigenvalue weighted by Crippen LogP contribution is 2.25. The smallest absolute Gasteiger partial charge is 0.253 e. The molecular formula is C24H31N3O6S. The lowest BCUT2D eigenvalue weighted by molar-refractivity contribution is -0.116. The SMILES string of the molecule is COc1ccc(S(=O)(=O)N(C)C)cc1CCC(=O)Nc1ccccc1C(=O)NC[C@@H]1CCCO1. The highest BCUT2D eigenvalue weighted by atomic mass is 32.2. The van der Waals surface area contributed by atoms with Gasteiger partial charge in [-0.25, -0.2) is 12.7 Å². The Kier molecular flexibility index (Phi) is 8.65. The number of aryl methyl sites for hydroxylation is 1. The summed E-state index contributed by atoms with van der Waals surface area (Å²) in [6.45, 7) is 1.13. The zero-order valence-electron chi connectivity index (χ0n) is 19.7. The molecule has 0 aliphatic carbocycles. The van der Waals surface area contributed by atoms with E-state index in [1.807, 2.05) is 0 Å². The minimum absolute atomic E-state index is 0.0211. The van der Waals surface area contributed by atoms with Gasteiger partial charge in [0.15, 0.2) is 0 Å². The largest absolute Gasteiger partial charge is 0.496 e. The van der Waals surface area contributed by atoms with Gasteiger partial charge in [-0.3, -0.25) is 9.59 Å². The molecule has 1 aliphatic heterocycles. The van der Waals surface area contributed by atoms with Crippen LogP contribution in [0.2, 0.25) is 0 Å². The number of carbonyl (C=O) groups excluding carboxylic acids is 2. The van der Waals surface area contributed by atoms with Crippen LogP contribution < -0.4 is 15.4 Å². The highest BCUT2D eigenvalue weighted by Gasteiger charge is 2.21. The molecule has 3 rings (SSSR count). The third-order valence-electron chi connectivity index (χ3n) is 5.61. The van der Waals surface area contributed by atoms with Crippen molar-refractivity contribution in [2.45, 2.75) is 36.7 Å². The first-order valence-corrected chi connectivity index (χ1v) is 12.5. The predicted molar refractivity (Wildman–Crippen MR) is 129 cm³/mol.